The normalized spacial score (nSPS) is 13.3. The van der Waals surface area contributed by atoms with Crippen LogP contribution in [-0.2, 0) is 10.0 Å². The zero-order chi connectivity index (χ0) is 13.8. The van der Waals surface area contributed by atoms with Crippen LogP contribution in [0.5, 0.6) is 0 Å². The predicted octanol–water partition coefficient (Wildman–Crippen LogP) is -0.332. The fourth-order valence-electron chi connectivity index (χ4n) is 1.41. The van der Waals surface area contributed by atoms with Crippen LogP contribution >= 0.6 is 0 Å². The van der Waals surface area contributed by atoms with Gasteiger partial charge in [0.2, 0.25) is 10.0 Å². The summed E-state index contributed by atoms with van der Waals surface area (Å²) in [7, 11) is -2.15. The van der Waals surface area contributed by atoms with Crippen molar-refractivity contribution in [3.05, 3.63) is 23.8 Å². The molecule has 0 saturated carbocycles. The van der Waals surface area contributed by atoms with E-state index in [4.69, 9.17) is 5.11 Å². The van der Waals surface area contributed by atoms with Crippen molar-refractivity contribution in [2.45, 2.75) is 17.9 Å². The lowest BCUT2D eigenvalue weighted by Crippen LogP contribution is -2.23. The summed E-state index contributed by atoms with van der Waals surface area (Å²) in [5, 5.41) is 20.7. The Kier molecular flexibility index (Phi) is 5.09. The molecule has 102 valence electrons. The average Bonchev–Trinajstić information content (AvgIpc) is 2.37. The molecule has 0 radical (unpaired) electrons. The minimum absolute atomic E-state index is 0.151. The fourth-order valence-corrected chi connectivity index (χ4v) is 2.40. The lowest BCUT2D eigenvalue weighted by Gasteiger charge is -2.13. The van der Waals surface area contributed by atoms with Crippen LogP contribution in [0.25, 0.3) is 0 Å². The monoisotopic (exact) mass is 274 g/mol. The number of aliphatic hydroxyl groups excluding tert-OH is 2. The molecule has 0 aliphatic heterocycles. The number of sulfonamides is 1. The van der Waals surface area contributed by atoms with Gasteiger partial charge >= 0.3 is 0 Å². The summed E-state index contributed by atoms with van der Waals surface area (Å²) in [5.41, 5.74) is 1.21. The van der Waals surface area contributed by atoms with E-state index in [9.17, 15) is 13.5 Å². The van der Waals surface area contributed by atoms with Crippen LogP contribution in [0.1, 0.15) is 5.56 Å². The number of nitrogens with one attached hydrogen (secondary N) is 2. The molecule has 4 N–H and O–H groups in total. The molecule has 1 aromatic rings. The van der Waals surface area contributed by atoms with Crippen LogP contribution in [-0.4, -0.2) is 44.9 Å². The van der Waals surface area contributed by atoms with E-state index in [1.807, 2.05) is 0 Å². The van der Waals surface area contributed by atoms with Gasteiger partial charge in [0, 0.05) is 12.2 Å². The van der Waals surface area contributed by atoms with Crippen molar-refractivity contribution in [3.63, 3.8) is 0 Å². The molecule has 0 saturated heterocycles. The highest BCUT2D eigenvalue weighted by molar-refractivity contribution is 7.89. The van der Waals surface area contributed by atoms with Gasteiger partial charge in [-0.05, 0) is 31.7 Å². The van der Waals surface area contributed by atoms with Gasteiger partial charge in [-0.15, -0.1) is 0 Å². The van der Waals surface area contributed by atoms with Crippen molar-refractivity contribution < 1.29 is 18.6 Å². The molecule has 0 bridgehead atoms. The van der Waals surface area contributed by atoms with Gasteiger partial charge in [-0.3, -0.25) is 0 Å². The number of aryl methyl sites for hydroxylation is 1. The van der Waals surface area contributed by atoms with E-state index in [0.717, 1.165) is 0 Å². The maximum Gasteiger partial charge on any atom is 0.240 e. The first-order chi connectivity index (χ1) is 8.40. The van der Waals surface area contributed by atoms with Gasteiger partial charge in [-0.25, -0.2) is 13.1 Å². The van der Waals surface area contributed by atoms with E-state index in [2.05, 4.69) is 10.0 Å². The maximum absolute atomic E-state index is 11.7. The van der Waals surface area contributed by atoms with Gasteiger partial charge in [0.05, 0.1) is 17.6 Å². The molecule has 7 heteroatoms. The van der Waals surface area contributed by atoms with Crippen molar-refractivity contribution in [1.82, 2.24) is 4.72 Å². The van der Waals surface area contributed by atoms with Gasteiger partial charge in [0.25, 0.3) is 0 Å². The lowest BCUT2D eigenvalue weighted by molar-refractivity contribution is 0.105. The highest BCUT2D eigenvalue weighted by Gasteiger charge is 2.15. The van der Waals surface area contributed by atoms with Crippen molar-refractivity contribution >= 4 is 15.7 Å². The molecule has 0 amide bonds. The molecule has 0 heterocycles. The number of anilines is 1. The van der Waals surface area contributed by atoms with Gasteiger partial charge in [0.15, 0.2) is 0 Å². The number of aliphatic hydroxyl groups is 2. The SMILES string of the molecule is CNS(=O)(=O)c1cc(NCC(O)CO)ccc1C. The van der Waals surface area contributed by atoms with Crippen LogP contribution in [0.4, 0.5) is 5.69 Å². The minimum atomic E-state index is -3.50. The molecule has 1 aromatic carbocycles. The minimum Gasteiger partial charge on any atom is -0.394 e. The highest BCUT2D eigenvalue weighted by atomic mass is 32.2. The van der Waals surface area contributed by atoms with Crippen LogP contribution < -0.4 is 10.0 Å². The van der Waals surface area contributed by atoms with E-state index in [-0.39, 0.29) is 18.0 Å². The van der Waals surface area contributed by atoms with Crippen molar-refractivity contribution in [3.8, 4) is 0 Å². The first-order valence-corrected chi connectivity index (χ1v) is 6.96. The largest absolute Gasteiger partial charge is 0.394 e. The standard InChI is InChI=1S/C11H18N2O4S/c1-8-3-4-9(13-6-10(15)7-14)5-11(8)18(16,17)12-2/h3-5,10,12-15H,6-7H2,1-2H3. The van der Waals surface area contributed by atoms with Crippen LogP contribution in [0, 0.1) is 6.92 Å². The summed E-state index contributed by atoms with van der Waals surface area (Å²) in [6.45, 7) is 1.51. The van der Waals surface area contributed by atoms with Crippen molar-refractivity contribution in [2.75, 3.05) is 25.5 Å². The molecule has 0 aliphatic carbocycles. The third-order valence-electron chi connectivity index (χ3n) is 2.50. The molecule has 0 aliphatic rings. The second-order valence-electron chi connectivity index (χ2n) is 3.91. The predicted molar refractivity (Wildman–Crippen MR) is 69.0 cm³/mol. The molecule has 1 atom stereocenters. The van der Waals surface area contributed by atoms with Gasteiger partial charge in [-0.1, -0.05) is 6.07 Å². The summed E-state index contributed by atoms with van der Waals surface area (Å²) in [6, 6.07) is 4.89. The smallest absolute Gasteiger partial charge is 0.240 e. The Hall–Kier alpha value is -1.15. The molecule has 0 fully saturated rings. The third kappa shape index (κ3) is 3.67. The summed E-state index contributed by atoms with van der Waals surface area (Å²) in [5.74, 6) is 0. The summed E-state index contributed by atoms with van der Waals surface area (Å²) >= 11 is 0. The Labute approximate surface area is 107 Å². The Morgan fingerprint density at radius 3 is 2.61 bits per heavy atom. The summed E-state index contributed by atoms with van der Waals surface area (Å²) in [4.78, 5) is 0.188. The van der Waals surface area contributed by atoms with E-state index in [0.29, 0.717) is 11.3 Å². The summed E-state index contributed by atoms with van der Waals surface area (Å²) < 4.78 is 25.7. The third-order valence-corrected chi connectivity index (χ3v) is 4.06. The molecule has 18 heavy (non-hydrogen) atoms. The molecule has 0 aromatic heterocycles. The van der Waals surface area contributed by atoms with E-state index >= 15 is 0 Å². The molecular formula is C11H18N2O4S. The first-order valence-electron chi connectivity index (χ1n) is 5.47. The van der Waals surface area contributed by atoms with Crippen molar-refractivity contribution in [1.29, 1.82) is 0 Å². The van der Waals surface area contributed by atoms with Crippen LogP contribution in [0.3, 0.4) is 0 Å². The van der Waals surface area contributed by atoms with Gasteiger partial charge in [-0.2, -0.15) is 0 Å². The highest BCUT2D eigenvalue weighted by Crippen LogP contribution is 2.19. The Morgan fingerprint density at radius 1 is 1.39 bits per heavy atom. The Bertz CT molecular complexity index is 502. The van der Waals surface area contributed by atoms with Crippen LogP contribution in [0.2, 0.25) is 0 Å². The topological polar surface area (TPSA) is 98.7 Å². The molecule has 0 spiro atoms. The Morgan fingerprint density at radius 2 is 2.06 bits per heavy atom. The van der Waals surface area contributed by atoms with Gasteiger partial charge in [0.1, 0.15) is 0 Å². The van der Waals surface area contributed by atoms with Crippen molar-refractivity contribution in [2.24, 2.45) is 0 Å². The molecular weight excluding hydrogens is 256 g/mol. The fraction of sp³-hybridized carbons (Fsp3) is 0.455. The van der Waals surface area contributed by atoms with E-state index < -0.39 is 16.1 Å². The lowest BCUT2D eigenvalue weighted by atomic mass is 10.2. The molecule has 1 unspecified atom stereocenters. The number of benzene rings is 1. The number of hydrogen-bond acceptors (Lipinski definition) is 5. The average molecular weight is 274 g/mol. The first kappa shape index (κ1) is 14.9. The number of rotatable bonds is 6. The molecule has 6 nitrogen and oxygen atoms in total. The zero-order valence-corrected chi connectivity index (χ0v) is 11.2. The Balaban J connectivity index is 2.95. The van der Waals surface area contributed by atoms with Crippen LogP contribution in [0.15, 0.2) is 23.1 Å². The second kappa shape index (κ2) is 6.14. The van der Waals surface area contributed by atoms with Gasteiger partial charge < -0.3 is 15.5 Å². The summed E-state index contributed by atoms with van der Waals surface area (Å²) in [6.07, 6.45) is -0.879. The number of hydrogen-bond donors (Lipinski definition) is 4. The second-order valence-corrected chi connectivity index (χ2v) is 5.76. The quantitative estimate of drug-likeness (QED) is 0.569. The maximum atomic E-state index is 11.7. The zero-order valence-electron chi connectivity index (χ0n) is 10.3. The molecule has 1 rings (SSSR count). The van der Waals surface area contributed by atoms with E-state index in [1.165, 1.54) is 13.1 Å². The van der Waals surface area contributed by atoms with E-state index in [1.54, 1.807) is 19.1 Å².